The van der Waals surface area contributed by atoms with Crippen LogP contribution < -0.4 is 10.6 Å². The first-order valence-electron chi connectivity index (χ1n) is 7.27. The van der Waals surface area contributed by atoms with Gasteiger partial charge < -0.3 is 10.6 Å². The van der Waals surface area contributed by atoms with Gasteiger partial charge in [0.25, 0.3) is 0 Å². The van der Waals surface area contributed by atoms with Crippen molar-refractivity contribution >= 4 is 5.91 Å². The summed E-state index contributed by atoms with van der Waals surface area (Å²) in [5, 5.41) is 6.50. The van der Waals surface area contributed by atoms with Crippen molar-refractivity contribution in [2.45, 2.75) is 45.2 Å². The van der Waals surface area contributed by atoms with Gasteiger partial charge in [-0.1, -0.05) is 50.6 Å². The Kier molecular flexibility index (Phi) is 4.97. The van der Waals surface area contributed by atoms with E-state index in [0.29, 0.717) is 5.92 Å². The molecule has 1 aromatic rings. The summed E-state index contributed by atoms with van der Waals surface area (Å²) in [5.74, 6) is 0.525. The number of hydrogen-bond acceptors (Lipinski definition) is 2. The fourth-order valence-electron chi connectivity index (χ4n) is 2.62. The normalized spacial score (nSPS) is 21.1. The molecule has 0 saturated carbocycles. The minimum Gasteiger partial charge on any atom is -0.348 e. The molecule has 1 unspecified atom stereocenters. The van der Waals surface area contributed by atoms with Crippen LogP contribution in [0.15, 0.2) is 30.3 Å². The molecule has 3 nitrogen and oxygen atoms in total. The quantitative estimate of drug-likeness (QED) is 0.874. The van der Waals surface area contributed by atoms with Gasteiger partial charge in [-0.3, -0.25) is 4.79 Å². The first-order chi connectivity index (χ1) is 9.18. The Hall–Kier alpha value is -1.35. The molecule has 1 saturated heterocycles. The maximum Gasteiger partial charge on any atom is 0.237 e. The number of hydrogen-bond donors (Lipinski definition) is 2. The fraction of sp³-hybridized carbons (Fsp3) is 0.562. The maximum absolute atomic E-state index is 12.3. The van der Waals surface area contributed by atoms with E-state index >= 15 is 0 Å². The van der Waals surface area contributed by atoms with Gasteiger partial charge in [0.2, 0.25) is 5.91 Å². The van der Waals surface area contributed by atoms with Gasteiger partial charge in [-0.25, -0.2) is 0 Å². The van der Waals surface area contributed by atoms with Crippen molar-refractivity contribution in [1.82, 2.24) is 10.6 Å². The lowest BCUT2D eigenvalue weighted by molar-refractivity contribution is -0.124. The molecule has 2 atom stereocenters. The molecule has 2 N–H and O–H groups in total. The second-order valence-electron chi connectivity index (χ2n) is 5.64. The summed E-state index contributed by atoms with van der Waals surface area (Å²) >= 11 is 0. The van der Waals surface area contributed by atoms with Crippen LogP contribution in [0.3, 0.4) is 0 Å². The van der Waals surface area contributed by atoms with E-state index in [1.165, 1.54) is 12.0 Å². The number of benzene rings is 1. The van der Waals surface area contributed by atoms with Crippen molar-refractivity contribution < 1.29 is 4.79 Å². The summed E-state index contributed by atoms with van der Waals surface area (Å²) in [5.41, 5.74) is 1.18. The zero-order valence-electron chi connectivity index (χ0n) is 11.9. The highest BCUT2D eigenvalue weighted by atomic mass is 16.2. The Morgan fingerprint density at radius 1 is 1.26 bits per heavy atom. The standard InChI is InChI=1S/C16H24N2O/c1-12(2)15(13-8-4-3-5-9-13)18-16(19)14-10-6-7-11-17-14/h3-5,8-9,12,14-15,17H,6-7,10-11H2,1-2H3,(H,18,19)/t14-,15?/m1/s1. The van der Waals surface area contributed by atoms with Crippen LogP contribution in [0.1, 0.15) is 44.7 Å². The molecule has 0 aliphatic carbocycles. The maximum atomic E-state index is 12.3. The molecule has 1 aliphatic rings. The summed E-state index contributed by atoms with van der Waals surface area (Å²) in [4.78, 5) is 12.3. The summed E-state index contributed by atoms with van der Waals surface area (Å²) < 4.78 is 0. The van der Waals surface area contributed by atoms with Gasteiger partial charge in [-0.15, -0.1) is 0 Å². The molecule has 0 aromatic heterocycles. The molecule has 0 spiro atoms. The van der Waals surface area contributed by atoms with Gasteiger partial charge in [0.05, 0.1) is 12.1 Å². The van der Waals surface area contributed by atoms with Crippen molar-refractivity contribution in [3.63, 3.8) is 0 Å². The van der Waals surface area contributed by atoms with Crippen molar-refractivity contribution in [2.75, 3.05) is 6.54 Å². The SMILES string of the molecule is CC(C)C(NC(=O)[C@H]1CCCCN1)c1ccccc1. The third kappa shape index (κ3) is 3.80. The molecule has 104 valence electrons. The molecule has 1 amide bonds. The van der Waals surface area contributed by atoms with Crippen molar-refractivity contribution in [1.29, 1.82) is 0 Å². The number of carbonyl (C=O) groups is 1. The highest BCUT2D eigenvalue weighted by Crippen LogP contribution is 2.21. The zero-order chi connectivity index (χ0) is 13.7. The van der Waals surface area contributed by atoms with Gasteiger partial charge in [0, 0.05) is 0 Å². The molecule has 0 bridgehead atoms. The average Bonchev–Trinajstić information content (AvgIpc) is 2.46. The van der Waals surface area contributed by atoms with Gasteiger partial charge in [-0.05, 0) is 30.9 Å². The van der Waals surface area contributed by atoms with Crippen LogP contribution in [-0.4, -0.2) is 18.5 Å². The molecule has 2 rings (SSSR count). The van der Waals surface area contributed by atoms with Gasteiger partial charge in [-0.2, -0.15) is 0 Å². The molecular formula is C16H24N2O. The van der Waals surface area contributed by atoms with E-state index in [2.05, 4.69) is 36.6 Å². The minimum atomic E-state index is -0.0151. The van der Waals surface area contributed by atoms with E-state index in [4.69, 9.17) is 0 Å². The highest BCUT2D eigenvalue weighted by molar-refractivity contribution is 5.82. The Morgan fingerprint density at radius 3 is 2.58 bits per heavy atom. The molecule has 0 radical (unpaired) electrons. The van der Waals surface area contributed by atoms with Crippen LogP contribution >= 0.6 is 0 Å². The predicted molar refractivity (Wildman–Crippen MR) is 77.8 cm³/mol. The largest absolute Gasteiger partial charge is 0.348 e. The summed E-state index contributed by atoms with van der Waals surface area (Å²) in [7, 11) is 0. The van der Waals surface area contributed by atoms with E-state index in [1.54, 1.807) is 0 Å². The van der Waals surface area contributed by atoms with E-state index in [1.807, 2.05) is 18.2 Å². The van der Waals surface area contributed by atoms with E-state index in [9.17, 15) is 4.79 Å². The zero-order valence-corrected chi connectivity index (χ0v) is 11.9. The van der Waals surface area contributed by atoms with Crippen LogP contribution in [0, 0.1) is 5.92 Å². The Bertz CT molecular complexity index is 396. The lowest BCUT2D eigenvalue weighted by Crippen LogP contribution is -2.48. The first kappa shape index (κ1) is 14.1. The predicted octanol–water partition coefficient (Wildman–Crippen LogP) is 2.64. The smallest absolute Gasteiger partial charge is 0.237 e. The molecule has 19 heavy (non-hydrogen) atoms. The summed E-state index contributed by atoms with van der Waals surface area (Å²) in [6, 6.07) is 10.3. The van der Waals surface area contributed by atoms with Gasteiger partial charge in [0.15, 0.2) is 0 Å². The highest BCUT2D eigenvalue weighted by Gasteiger charge is 2.24. The third-order valence-corrected chi connectivity index (χ3v) is 3.75. The van der Waals surface area contributed by atoms with Crippen LogP contribution in [0.5, 0.6) is 0 Å². The number of rotatable bonds is 4. The Labute approximate surface area is 115 Å². The number of amides is 1. The molecule has 1 heterocycles. The van der Waals surface area contributed by atoms with Crippen LogP contribution in [0.4, 0.5) is 0 Å². The van der Waals surface area contributed by atoms with Gasteiger partial charge >= 0.3 is 0 Å². The topological polar surface area (TPSA) is 41.1 Å². The van der Waals surface area contributed by atoms with E-state index in [0.717, 1.165) is 19.4 Å². The van der Waals surface area contributed by atoms with Crippen LogP contribution in [0.25, 0.3) is 0 Å². The van der Waals surface area contributed by atoms with Crippen molar-refractivity contribution in [2.24, 2.45) is 5.92 Å². The third-order valence-electron chi connectivity index (χ3n) is 3.75. The van der Waals surface area contributed by atoms with E-state index in [-0.39, 0.29) is 18.0 Å². The molecule has 1 fully saturated rings. The Morgan fingerprint density at radius 2 is 2.00 bits per heavy atom. The number of piperidine rings is 1. The van der Waals surface area contributed by atoms with Crippen molar-refractivity contribution in [3.05, 3.63) is 35.9 Å². The lowest BCUT2D eigenvalue weighted by atomic mass is 9.95. The lowest BCUT2D eigenvalue weighted by Gasteiger charge is -2.28. The summed E-state index contributed by atoms with van der Waals surface area (Å²) in [6.45, 7) is 5.24. The fourth-order valence-corrected chi connectivity index (χ4v) is 2.62. The molecule has 1 aromatic carbocycles. The summed E-state index contributed by atoms with van der Waals surface area (Å²) in [6.07, 6.45) is 3.27. The minimum absolute atomic E-state index is 0.0151. The number of carbonyl (C=O) groups excluding carboxylic acids is 1. The first-order valence-corrected chi connectivity index (χ1v) is 7.27. The number of nitrogens with one attached hydrogen (secondary N) is 2. The molecule has 3 heteroatoms. The Balaban J connectivity index is 2.02. The van der Waals surface area contributed by atoms with E-state index < -0.39 is 0 Å². The monoisotopic (exact) mass is 260 g/mol. The van der Waals surface area contributed by atoms with Crippen LogP contribution in [-0.2, 0) is 4.79 Å². The van der Waals surface area contributed by atoms with Gasteiger partial charge in [0.1, 0.15) is 0 Å². The second kappa shape index (κ2) is 6.71. The van der Waals surface area contributed by atoms with Crippen molar-refractivity contribution in [3.8, 4) is 0 Å². The molecule has 1 aliphatic heterocycles. The van der Waals surface area contributed by atoms with Crippen LogP contribution in [0.2, 0.25) is 0 Å². The second-order valence-corrected chi connectivity index (χ2v) is 5.64. The molecular weight excluding hydrogens is 236 g/mol. The average molecular weight is 260 g/mol.